The zero-order valence-electron chi connectivity index (χ0n) is 16.5. The predicted octanol–water partition coefficient (Wildman–Crippen LogP) is 3.61. The molecule has 5 heteroatoms. The Labute approximate surface area is 167 Å². The van der Waals surface area contributed by atoms with Crippen LogP contribution in [0.2, 0.25) is 0 Å². The lowest BCUT2D eigenvalue weighted by Gasteiger charge is -2.34. The van der Waals surface area contributed by atoms with Gasteiger partial charge in [-0.25, -0.2) is 4.79 Å². The average molecular weight is 383 g/mol. The van der Waals surface area contributed by atoms with Crippen molar-refractivity contribution in [2.45, 2.75) is 38.3 Å². The topological polar surface area (TPSA) is 61.8 Å². The normalized spacial score (nSPS) is 15.9. The highest BCUT2D eigenvalue weighted by Gasteiger charge is 2.27. The van der Waals surface area contributed by atoms with Gasteiger partial charge in [0.2, 0.25) is 0 Å². The molecule has 3 rings (SSSR count). The van der Waals surface area contributed by atoms with Crippen molar-refractivity contribution in [1.29, 1.82) is 0 Å². The highest BCUT2D eigenvalue weighted by Crippen LogP contribution is 2.23. The van der Waals surface area contributed by atoms with E-state index in [0.29, 0.717) is 19.6 Å². The number of carbonyl (C=O) groups excluding carboxylic acids is 1. The first-order valence-corrected chi connectivity index (χ1v) is 10.0. The standard InChI is InChI=1S/C23H30N2O3/c1-28-21-9-5-8-19(16-21)17-24-23(27)25-14-12-20(13-15-25)22(26)11-10-18-6-3-2-4-7-18/h2-9,16,20,22,26H,10-15,17H2,1H3,(H,24,27)/t22-/m0/s1. The van der Waals surface area contributed by atoms with E-state index in [1.807, 2.05) is 47.4 Å². The molecule has 1 aliphatic heterocycles. The number of nitrogens with zero attached hydrogens (tertiary/aromatic N) is 1. The molecule has 0 spiro atoms. The second kappa shape index (κ2) is 10.1. The Morgan fingerprint density at radius 1 is 1.14 bits per heavy atom. The molecule has 1 fully saturated rings. The average Bonchev–Trinajstić information content (AvgIpc) is 2.76. The molecule has 1 saturated heterocycles. The monoisotopic (exact) mass is 382 g/mol. The summed E-state index contributed by atoms with van der Waals surface area (Å²) in [6.45, 7) is 1.86. The first-order chi connectivity index (χ1) is 13.7. The smallest absolute Gasteiger partial charge is 0.317 e. The molecule has 0 bridgehead atoms. The summed E-state index contributed by atoms with van der Waals surface area (Å²) in [6.07, 6.45) is 3.06. The molecule has 1 aliphatic rings. The molecule has 0 aliphatic carbocycles. The minimum atomic E-state index is -0.304. The van der Waals surface area contributed by atoms with Crippen molar-refractivity contribution >= 4 is 6.03 Å². The van der Waals surface area contributed by atoms with Crippen LogP contribution in [0, 0.1) is 5.92 Å². The number of piperidine rings is 1. The minimum absolute atomic E-state index is 0.0416. The van der Waals surface area contributed by atoms with E-state index >= 15 is 0 Å². The van der Waals surface area contributed by atoms with Crippen molar-refractivity contribution < 1.29 is 14.6 Å². The Balaban J connectivity index is 1.39. The molecule has 1 atom stereocenters. The summed E-state index contributed by atoms with van der Waals surface area (Å²) in [5, 5.41) is 13.5. The van der Waals surface area contributed by atoms with Gasteiger partial charge in [-0.05, 0) is 54.9 Å². The third kappa shape index (κ3) is 5.73. The molecule has 28 heavy (non-hydrogen) atoms. The van der Waals surface area contributed by atoms with E-state index in [9.17, 15) is 9.90 Å². The van der Waals surface area contributed by atoms with Gasteiger partial charge < -0.3 is 20.1 Å². The maximum atomic E-state index is 12.4. The van der Waals surface area contributed by atoms with Crippen LogP contribution >= 0.6 is 0 Å². The third-order valence-corrected chi connectivity index (χ3v) is 5.52. The molecule has 0 radical (unpaired) electrons. The van der Waals surface area contributed by atoms with Crippen molar-refractivity contribution in [3.8, 4) is 5.75 Å². The van der Waals surface area contributed by atoms with Gasteiger partial charge in [-0.2, -0.15) is 0 Å². The van der Waals surface area contributed by atoms with E-state index in [4.69, 9.17) is 4.74 Å². The molecule has 5 nitrogen and oxygen atoms in total. The number of amides is 2. The lowest BCUT2D eigenvalue weighted by Crippen LogP contribution is -2.45. The van der Waals surface area contributed by atoms with Crippen molar-refractivity contribution in [2.75, 3.05) is 20.2 Å². The minimum Gasteiger partial charge on any atom is -0.497 e. The van der Waals surface area contributed by atoms with Gasteiger partial charge in [0.25, 0.3) is 0 Å². The van der Waals surface area contributed by atoms with E-state index in [2.05, 4.69) is 17.4 Å². The summed E-state index contributed by atoms with van der Waals surface area (Å²) in [7, 11) is 1.64. The maximum Gasteiger partial charge on any atom is 0.317 e. The Morgan fingerprint density at radius 3 is 2.57 bits per heavy atom. The molecule has 0 aromatic heterocycles. The van der Waals surface area contributed by atoms with Gasteiger partial charge >= 0.3 is 6.03 Å². The first kappa shape index (κ1) is 20.2. The fourth-order valence-electron chi connectivity index (χ4n) is 3.75. The Hall–Kier alpha value is -2.53. The van der Waals surface area contributed by atoms with Crippen LogP contribution in [0.5, 0.6) is 5.75 Å². The van der Waals surface area contributed by atoms with Gasteiger partial charge in [0, 0.05) is 19.6 Å². The van der Waals surface area contributed by atoms with Crippen molar-refractivity contribution in [2.24, 2.45) is 5.92 Å². The van der Waals surface area contributed by atoms with Gasteiger partial charge in [-0.3, -0.25) is 0 Å². The number of aryl methyl sites for hydroxylation is 1. The number of hydrogen-bond acceptors (Lipinski definition) is 3. The van der Waals surface area contributed by atoms with Crippen LogP contribution in [-0.2, 0) is 13.0 Å². The van der Waals surface area contributed by atoms with E-state index in [1.165, 1.54) is 5.56 Å². The van der Waals surface area contributed by atoms with Crippen LogP contribution in [-0.4, -0.2) is 42.3 Å². The number of urea groups is 1. The fraction of sp³-hybridized carbons (Fsp3) is 0.435. The highest BCUT2D eigenvalue weighted by atomic mass is 16.5. The number of ether oxygens (including phenoxy) is 1. The quantitative estimate of drug-likeness (QED) is 0.769. The third-order valence-electron chi connectivity index (χ3n) is 5.52. The van der Waals surface area contributed by atoms with E-state index in [-0.39, 0.29) is 18.1 Å². The number of methoxy groups -OCH3 is 1. The summed E-state index contributed by atoms with van der Waals surface area (Å²) in [5.41, 5.74) is 2.27. The number of aliphatic hydroxyl groups excluding tert-OH is 1. The second-order valence-electron chi connectivity index (χ2n) is 7.43. The second-order valence-corrected chi connectivity index (χ2v) is 7.43. The van der Waals surface area contributed by atoms with Crippen molar-refractivity contribution in [3.63, 3.8) is 0 Å². The molecule has 150 valence electrons. The summed E-state index contributed by atoms with van der Waals surface area (Å²) in [5.74, 6) is 1.06. The maximum absolute atomic E-state index is 12.4. The van der Waals surface area contributed by atoms with Crippen LogP contribution in [0.1, 0.15) is 30.4 Å². The lowest BCUT2D eigenvalue weighted by atomic mass is 9.88. The molecule has 1 heterocycles. The molecule has 0 saturated carbocycles. The number of aliphatic hydroxyl groups is 1. The largest absolute Gasteiger partial charge is 0.497 e. The molecule has 0 unspecified atom stereocenters. The number of carbonyl (C=O) groups is 1. The Kier molecular flexibility index (Phi) is 7.31. The summed E-state index contributed by atoms with van der Waals surface area (Å²) < 4.78 is 5.21. The van der Waals surface area contributed by atoms with E-state index < -0.39 is 0 Å². The summed E-state index contributed by atoms with van der Waals surface area (Å²) in [6, 6.07) is 17.9. The van der Waals surface area contributed by atoms with Crippen LogP contribution in [0.15, 0.2) is 54.6 Å². The van der Waals surface area contributed by atoms with Crippen molar-refractivity contribution in [3.05, 3.63) is 65.7 Å². The Morgan fingerprint density at radius 2 is 1.86 bits per heavy atom. The number of hydrogen-bond donors (Lipinski definition) is 2. The summed E-state index contributed by atoms with van der Waals surface area (Å²) >= 11 is 0. The molecular weight excluding hydrogens is 352 g/mol. The zero-order chi connectivity index (χ0) is 19.8. The summed E-state index contributed by atoms with van der Waals surface area (Å²) in [4.78, 5) is 14.3. The van der Waals surface area contributed by atoms with Gasteiger partial charge in [0.15, 0.2) is 0 Å². The van der Waals surface area contributed by atoms with Crippen LogP contribution < -0.4 is 10.1 Å². The predicted molar refractivity (Wildman–Crippen MR) is 110 cm³/mol. The first-order valence-electron chi connectivity index (χ1n) is 10.0. The molecule has 2 aromatic rings. The van der Waals surface area contributed by atoms with Crippen LogP contribution in [0.4, 0.5) is 4.79 Å². The van der Waals surface area contributed by atoms with Gasteiger partial charge in [-0.15, -0.1) is 0 Å². The molecule has 2 amide bonds. The van der Waals surface area contributed by atoms with Gasteiger partial charge in [-0.1, -0.05) is 42.5 Å². The molecule has 2 N–H and O–H groups in total. The number of rotatable bonds is 7. The van der Waals surface area contributed by atoms with Crippen LogP contribution in [0.25, 0.3) is 0 Å². The van der Waals surface area contributed by atoms with Crippen molar-refractivity contribution in [1.82, 2.24) is 10.2 Å². The highest BCUT2D eigenvalue weighted by molar-refractivity contribution is 5.74. The number of nitrogens with one attached hydrogen (secondary N) is 1. The Bertz CT molecular complexity index is 743. The van der Waals surface area contributed by atoms with E-state index in [1.54, 1.807) is 7.11 Å². The van der Waals surface area contributed by atoms with Gasteiger partial charge in [0.05, 0.1) is 13.2 Å². The SMILES string of the molecule is COc1cccc(CNC(=O)N2CCC([C@@H](O)CCc3ccccc3)CC2)c1. The number of benzene rings is 2. The van der Waals surface area contributed by atoms with Crippen LogP contribution in [0.3, 0.4) is 0 Å². The van der Waals surface area contributed by atoms with Gasteiger partial charge in [0.1, 0.15) is 5.75 Å². The fourth-order valence-corrected chi connectivity index (χ4v) is 3.75. The molecule has 2 aromatic carbocycles. The van der Waals surface area contributed by atoms with E-state index in [0.717, 1.165) is 37.0 Å². The molecular formula is C23H30N2O3. The number of likely N-dealkylation sites (tertiary alicyclic amines) is 1. The lowest BCUT2D eigenvalue weighted by molar-refractivity contribution is 0.0610. The zero-order valence-corrected chi connectivity index (χ0v) is 16.5.